The Morgan fingerprint density at radius 1 is 1.11 bits per heavy atom. The summed E-state index contributed by atoms with van der Waals surface area (Å²) in [6.07, 6.45) is 3.07. The molecule has 0 saturated heterocycles. The number of anilines is 1. The first kappa shape index (κ1) is 23.3. The van der Waals surface area contributed by atoms with Crippen LogP contribution in [-0.4, -0.2) is 36.8 Å². The Morgan fingerprint density at radius 3 is 2.75 bits per heavy atom. The van der Waals surface area contributed by atoms with Crippen molar-refractivity contribution >= 4 is 33.5 Å². The van der Waals surface area contributed by atoms with E-state index in [0.29, 0.717) is 47.2 Å². The van der Waals surface area contributed by atoms with Crippen LogP contribution in [0.25, 0.3) is 21.9 Å². The number of carbonyl (C=O) groups excluding carboxylic acids is 1. The largest absolute Gasteiger partial charge is 0.492 e. The fourth-order valence-electron chi connectivity index (χ4n) is 4.24. The fraction of sp³-hybridized carbons (Fsp3) is 0.269. The highest BCUT2D eigenvalue weighted by atomic mass is 16.5. The van der Waals surface area contributed by atoms with Crippen LogP contribution in [0.4, 0.5) is 5.69 Å². The summed E-state index contributed by atoms with van der Waals surface area (Å²) in [5.74, 6) is 1.23. The number of aromatic nitrogens is 5. The molecule has 36 heavy (non-hydrogen) atoms. The van der Waals surface area contributed by atoms with E-state index >= 15 is 0 Å². The third kappa shape index (κ3) is 4.45. The summed E-state index contributed by atoms with van der Waals surface area (Å²) >= 11 is 0. The Bertz CT molecular complexity index is 1600. The molecular formula is C26H26N6O4. The number of aryl methyl sites for hydroxylation is 1. The van der Waals surface area contributed by atoms with Gasteiger partial charge in [-0.2, -0.15) is 4.98 Å². The van der Waals surface area contributed by atoms with Gasteiger partial charge in [0.2, 0.25) is 11.8 Å². The number of benzene rings is 2. The van der Waals surface area contributed by atoms with Gasteiger partial charge in [-0.3, -0.25) is 14.2 Å². The Kier molecular flexibility index (Phi) is 6.48. The van der Waals surface area contributed by atoms with Gasteiger partial charge in [0.05, 0.1) is 24.1 Å². The van der Waals surface area contributed by atoms with Crippen LogP contribution >= 0.6 is 0 Å². The number of nitrogens with zero attached hydrogens (tertiary/aromatic N) is 5. The normalized spacial score (nSPS) is 11.3. The number of ether oxygens (including phenoxy) is 1. The standard InChI is InChI=1S/C26H26N6O4/c1-3-9-21-29-23(36-30-21)15-31-16-27-24-17-10-5-7-12-19(17)32(25(24)26(31)34)14-22(33)28-18-11-6-8-13-20(18)35-4-2/h5-8,10-13,16H,3-4,9,14-15H2,1-2H3,(H,28,33). The van der Waals surface area contributed by atoms with Crippen LogP contribution in [0.1, 0.15) is 32.0 Å². The van der Waals surface area contributed by atoms with Crippen molar-refractivity contribution < 1.29 is 14.1 Å². The van der Waals surface area contributed by atoms with E-state index in [2.05, 4.69) is 20.4 Å². The lowest BCUT2D eigenvalue weighted by molar-refractivity contribution is -0.116. The van der Waals surface area contributed by atoms with Crippen molar-refractivity contribution in [2.45, 2.75) is 39.8 Å². The van der Waals surface area contributed by atoms with E-state index in [-0.39, 0.29) is 24.6 Å². The minimum atomic E-state index is -0.297. The maximum absolute atomic E-state index is 13.6. The van der Waals surface area contributed by atoms with Gasteiger partial charge < -0.3 is 19.1 Å². The number of nitrogens with one attached hydrogen (secondary N) is 1. The number of fused-ring (bicyclic) bond motifs is 3. The molecule has 2 aromatic carbocycles. The van der Waals surface area contributed by atoms with Crippen molar-refractivity contribution in [3.8, 4) is 5.75 Å². The molecule has 0 fully saturated rings. The minimum absolute atomic E-state index is 0.0768. The second-order valence-electron chi connectivity index (χ2n) is 8.31. The van der Waals surface area contributed by atoms with E-state index in [9.17, 15) is 9.59 Å². The summed E-state index contributed by atoms with van der Waals surface area (Å²) in [6.45, 7) is 4.40. The Hall–Kier alpha value is -4.47. The number of para-hydroxylation sites is 3. The molecule has 0 aliphatic carbocycles. The zero-order valence-corrected chi connectivity index (χ0v) is 20.1. The number of hydrogen-bond donors (Lipinski definition) is 1. The van der Waals surface area contributed by atoms with Gasteiger partial charge in [-0.25, -0.2) is 4.98 Å². The molecule has 0 spiro atoms. The van der Waals surface area contributed by atoms with Gasteiger partial charge in [-0.15, -0.1) is 0 Å². The third-order valence-corrected chi connectivity index (χ3v) is 5.79. The first-order chi connectivity index (χ1) is 17.6. The maximum Gasteiger partial charge on any atom is 0.278 e. The smallest absolute Gasteiger partial charge is 0.278 e. The predicted molar refractivity (Wildman–Crippen MR) is 135 cm³/mol. The number of amides is 1. The highest BCUT2D eigenvalue weighted by molar-refractivity contribution is 6.06. The molecule has 5 rings (SSSR count). The van der Waals surface area contributed by atoms with Crippen LogP contribution in [0.2, 0.25) is 0 Å². The summed E-state index contributed by atoms with van der Waals surface area (Å²) in [5, 5.41) is 7.65. The number of hydrogen-bond acceptors (Lipinski definition) is 7. The van der Waals surface area contributed by atoms with Crippen molar-refractivity contribution in [1.29, 1.82) is 0 Å². The maximum atomic E-state index is 13.6. The van der Waals surface area contributed by atoms with Crippen LogP contribution in [0.5, 0.6) is 5.75 Å². The molecule has 0 atom stereocenters. The molecule has 0 saturated carbocycles. The fourth-order valence-corrected chi connectivity index (χ4v) is 4.24. The molecule has 3 heterocycles. The second-order valence-corrected chi connectivity index (χ2v) is 8.31. The summed E-state index contributed by atoms with van der Waals surface area (Å²) in [6, 6.07) is 14.8. The molecule has 0 aliphatic heterocycles. The van der Waals surface area contributed by atoms with Crippen molar-refractivity contribution in [3.63, 3.8) is 0 Å². The van der Waals surface area contributed by atoms with E-state index < -0.39 is 0 Å². The Morgan fingerprint density at radius 2 is 1.92 bits per heavy atom. The summed E-state index contributed by atoms with van der Waals surface area (Å²) < 4.78 is 14.0. The second kappa shape index (κ2) is 10.0. The van der Waals surface area contributed by atoms with Gasteiger partial charge >= 0.3 is 0 Å². The SMILES string of the molecule is CCCc1noc(Cn2cnc3c4ccccc4n(CC(=O)Nc4ccccc4OCC)c3c2=O)n1. The molecule has 0 unspecified atom stereocenters. The molecule has 10 heteroatoms. The molecule has 0 radical (unpaired) electrons. The Labute approximate surface area is 206 Å². The first-order valence-electron chi connectivity index (χ1n) is 11.9. The van der Waals surface area contributed by atoms with Crippen molar-refractivity contribution in [2.75, 3.05) is 11.9 Å². The summed E-state index contributed by atoms with van der Waals surface area (Å²) in [4.78, 5) is 35.6. The zero-order valence-electron chi connectivity index (χ0n) is 20.1. The first-order valence-corrected chi connectivity index (χ1v) is 11.9. The van der Waals surface area contributed by atoms with Gasteiger partial charge in [0.1, 0.15) is 29.9 Å². The Balaban J connectivity index is 1.52. The van der Waals surface area contributed by atoms with E-state index in [1.807, 2.05) is 50.2 Å². The predicted octanol–water partition coefficient (Wildman–Crippen LogP) is 3.77. The van der Waals surface area contributed by atoms with Crippen LogP contribution in [0.3, 0.4) is 0 Å². The number of rotatable bonds is 9. The molecule has 1 N–H and O–H groups in total. The van der Waals surface area contributed by atoms with E-state index in [4.69, 9.17) is 9.26 Å². The average Bonchev–Trinajstić information content (AvgIpc) is 3.45. The lowest BCUT2D eigenvalue weighted by Gasteiger charge is -2.12. The summed E-state index contributed by atoms with van der Waals surface area (Å²) in [7, 11) is 0. The molecule has 5 aromatic rings. The van der Waals surface area contributed by atoms with Crippen LogP contribution in [0, 0.1) is 0 Å². The van der Waals surface area contributed by atoms with Crippen LogP contribution < -0.4 is 15.6 Å². The van der Waals surface area contributed by atoms with Crippen molar-refractivity contribution in [3.05, 3.63) is 76.9 Å². The lowest BCUT2D eigenvalue weighted by atomic mass is 10.2. The van der Waals surface area contributed by atoms with E-state index in [1.54, 1.807) is 16.7 Å². The van der Waals surface area contributed by atoms with Gasteiger partial charge in [-0.1, -0.05) is 42.4 Å². The molecule has 0 aliphatic rings. The average molecular weight is 487 g/mol. The molecule has 0 bridgehead atoms. The van der Waals surface area contributed by atoms with Crippen molar-refractivity contribution in [2.24, 2.45) is 0 Å². The number of carbonyl (C=O) groups is 1. The third-order valence-electron chi connectivity index (χ3n) is 5.79. The van der Waals surface area contributed by atoms with Crippen LogP contribution in [-0.2, 0) is 24.3 Å². The van der Waals surface area contributed by atoms with Gasteiger partial charge in [0.25, 0.3) is 5.56 Å². The van der Waals surface area contributed by atoms with Crippen molar-refractivity contribution in [1.82, 2.24) is 24.3 Å². The molecule has 10 nitrogen and oxygen atoms in total. The lowest BCUT2D eigenvalue weighted by Crippen LogP contribution is -2.25. The van der Waals surface area contributed by atoms with Gasteiger partial charge in [0.15, 0.2) is 5.82 Å². The van der Waals surface area contributed by atoms with E-state index in [1.165, 1.54) is 10.9 Å². The van der Waals surface area contributed by atoms with Crippen LogP contribution in [0.15, 0.2) is 64.2 Å². The minimum Gasteiger partial charge on any atom is -0.492 e. The molecule has 1 amide bonds. The van der Waals surface area contributed by atoms with E-state index in [0.717, 1.165) is 17.3 Å². The highest BCUT2D eigenvalue weighted by Crippen LogP contribution is 2.27. The molecule has 3 aromatic heterocycles. The summed E-state index contributed by atoms with van der Waals surface area (Å²) in [5.41, 5.74) is 1.88. The molecule has 184 valence electrons. The van der Waals surface area contributed by atoms with Gasteiger partial charge in [-0.05, 0) is 31.5 Å². The topological polar surface area (TPSA) is 117 Å². The zero-order chi connectivity index (χ0) is 25.1. The van der Waals surface area contributed by atoms with Gasteiger partial charge in [0, 0.05) is 11.8 Å². The highest BCUT2D eigenvalue weighted by Gasteiger charge is 2.19. The quantitative estimate of drug-likeness (QED) is 0.337. The molecular weight excluding hydrogens is 460 g/mol. The monoisotopic (exact) mass is 486 g/mol.